The maximum atomic E-state index is 12.7. The van der Waals surface area contributed by atoms with E-state index in [9.17, 15) is 16.8 Å². The summed E-state index contributed by atoms with van der Waals surface area (Å²) in [4.78, 5) is -0.360. The van der Waals surface area contributed by atoms with E-state index in [1.165, 1.54) is 66.7 Å². The lowest BCUT2D eigenvalue weighted by atomic mass is 10.3. The number of halogens is 2. The fraction of sp³-hybridized carbons (Fsp3) is 0. The summed E-state index contributed by atoms with van der Waals surface area (Å²) in [6.07, 6.45) is 0. The molecular weight excluding hydrogens is 447 g/mol. The van der Waals surface area contributed by atoms with Crippen molar-refractivity contribution in [3.8, 4) is 11.5 Å². The molecule has 0 radical (unpaired) electrons. The highest BCUT2D eigenvalue weighted by atomic mass is 35.5. The van der Waals surface area contributed by atoms with Crippen molar-refractivity contribution in [1.82, 2.24) is 0 Å². The van der Waals surface area contributed by atoms with Crippen molar-refractivity contribution in [1.29, 1.82) is 0 Å². The minimum Gasteiger partial charge on any atom is -0.457 e. The van der Waals surface area contributed by atoms with Crippen LogP contribution in [-0.4, -0.2) is 21.4 Å². The Morgan fingerprint density at radius 2 is 1.21 bits per heavy atom. The fourth-order valence-electron chi connectivity index (χ4n) is 2.31. The van der Waals surface area contributed by atoms with E-state index in [-0.39, 0.29) is 24.7 Å². The second-order valence-corrected chi connectivity index (χ2v) is 9.78. The maximum absolute atomic E-state index is 12.7. The molecule has 28 heavy (non-hydrogen) atoms. The smallest absolute Gasteiger partial charge is 0.294 e. The van der Waals surface area contributed by atoms with E-state index in [4.69, 9.17) is 32.5 Å². The molecule has 3 aromatic rings. The topological polar surface area (TPSA) is 97.7 Å². The van der Waals surface area contributed by atoms with E-state index < -0.39 is 20.0 Å². The Morgan fingerprint density at radius 1 is 0.714 bits per heavy atom. The van der Waals surface area contributed by atoms with E-state index in [0.717, 1.165) is 0 Å². The number of hydrogen-bond donors (Lipinski definition) is 1. The summed E-state index contributed by atoms with van der Waals surface area (Å²) < 4.78 is 62.1. The van der Waals surface area contributed by atoms with Crippen LogP contribution in [0, 0.1) is 0 Å². The molecule has 0 fully saturated rings. The summed E-state index contributed by atoms with van der Waals surface area (Å²) in [7, 11) is -8.16. The summed E-state index contributed by atoms with van der Waals surface area (Å²) in [6, 6.07) is 14.9. The van der Waals surface area contributed by atoms with Gasteiger partial charge in [-0.05, 0) is 66.7 Å². The van der Waals surface area contributed by atoms with Crippen molar-refractivity contribution in [3.63, 3.8) is 0 Å². The molecule has 0 aromatic heterocycles. The largest absolute Gasteiger partial charge is 0.457 e. The van der Waals surface area contributed by atoms with Gasteiger partial charge in [-0.3, -0.25) is 4.55 Å². The van der Waals surface area contributed by atoms with Crippen molar-refractivity contribution in [2.24, 2.45) is 0 Å². The van der Waals surface area contributed by atoms with Crippen LogP contribution in [0.1, 0.15) is 0 Å². The Balaban J connectivity index is 1.84. The molecule has 0 saturated heterocycles. The molecule has 0 saturated carbocycles. The van der Waals surface area contributed by atoms with Crippen molar-refractivity contribution >= 4 is 43.2 Å². The molecule has 0 aliphatic carbocycles. The first-order valence-electron chi connectivity index (χ1n) is 7.63. The summed E-state index contributed by atoms with van der Waals surface area (Å²) in [5, 5.41) is 0.305. The average molecular weight is 459 g/mol. The van der Waals surface area contributed by atoms with Gasteiger partial charge in [0.1, 0.15) is 11.5 Å². The molecule has 0 unspecified atom stereocenters. The van der Waals surface area contributed by atoms with Gasteiger partial charge < -0.3 is 4.74 Å². The zero-order valence-electron chi connectivity index (χ0n) is 13.9. The third-order valence-electron chi connectivity index (χ3n) is 3.67. The first kappa shape index (κ1) is 20.6. The predicted molar refractivity (Wildman–Crippen MR) is 105 cm³/mol. The summed E-state index contributed by atoms with van der Waals surface area (Å²) in [6.45, 7) is 0. The molecule has 0 aliphatic heterocycles. The monoisotopic (exact) mass is 458 g/mol. The second-order valence-electron chi connectivity index (χ2n) is 5.60. The van der Waals surface area contributed by atoms with Crippen molar-refractivity contribution in [3.05, 3.63) is 76.8 Å². The first-order chi connectivity index (χ1) is 13.1. The maximum Gasteiger partial charge on any atom is 0.294 e. The highest BCUT2D eigenvalue weighted by molar-refractivity contribution is 7.91. The molecule has 0 heterocycles. The van der Waals surface area contributed by atoms with E-state index in [1.54, 1.807) is 0 Å². The molecule has 0 aliphatic rings. The standard InChI is InChI=1S/C18H12Cl2O6S2/c19-12-1-10-17(20)18(11-12)27(21,22)15-6-2-13(3-7-15)26-14-4-8-16(9-5-14)28(23,24)25/h1-11H,(H,23,24,25). The average Bonchev–Trinajstić information content (AvgIpc) is 2.64. The van der Waals surface area contributed by atoms with Gasteiger partial charge in [-0.25, -0.2) is 8.42 Å². The van der Waals surface area contributed by atoms with Crippen LogP contribution in [0.2, 0.25) is 10.0 Å². The lowest BCUT2D eigenvalue weighted by Crippen LogP contribution is -2.03. The molecule has 0 bridgehead atoms. The fourth-order valence-corrected chi connectivity index (χ4v) is 4.81. The number of rotatable bonds is 5. The third kappa shape index (κ3) is 4.48. The minimum atomic E-state index is -4.29. The Morgan fingerprint density at radius 3 is 1.71 bits per heavy atom. The van der Waals surface area contributed by atoms with Crippen molar-refractivity contribution in [2.75, 3.05) is 0 Å². The van der Waals surface area contributed by atoms with Crippen molar-refractivity contribution in [2.45, 2.75) is 14.7 Å². The molecular formula is C18H12Cl2O6S2. The molecule has 0 amide bonds. The Hall–Kier alpha value is -2.10. The van der Waals surface area contributed by atoms with Crippen LogP contribution in [0.25, 0.3) is 0 Å². The Kier molecular flexibility index (Phi) is 5.69. The zero-order chi connectivity index (χ0) is 20.5. The summed E-state index contributed by atoms with van der Waals surface area (Å²) >= 11 is 11.9. The summed E-state index contributed by atoms with van der Waals surface area (Å²) in [5.74, 6) is 0.636. The Labute approximate surface area is 172 Å². The van der Waals surface area contributed by atoms with Gasteiger partial charge in [-0.2, -0.15) is 8.42 Å². The van der Waals surface area contributed by atoms with E-state index in [2.05, 4.69) is 0 Å². The lowest BCUT2D eigenvalue weighted by Gasteiger charge is -2.09. The summed E-state index contributed by atoms with van der Waals surface area (Å²) in [5.41, 5.74) is 0. The second kappa shape index (κ2) is 7.73. The van der Waals surface area contributed by atoms with Gasteiger partial charge in [0.15, 0.2) is 0 Å². The van der Waals surface area contributed by atoms with Crippen LogP contribution in [0.15, 0.2) is 81.4 Å². The zero-order valence-corrected chi connectivity index (χ0v) is 17.1. The molecule has 10 heteroatoms. The van der Waals surface area contributed by atoms with Crippen LogP contribution in [0.4, 0.5) is 0 Å². The molecule has 0 spiro atoms. The van der Waals surface area contributed by atoms with E-state index in [1.807, 2.05) is 0 Å². The molecule has 1 N–H and O–H groups in total. The van der Waals surface area contributed by atoms with Gasteiger partial charge in [0.05, 0.1) is 19.7 Å². The number of hydrogen-bond acceptors (Lipinski definition) is 5. The lowest BCUT2D eigenvalue weighted by molar-refractivity contribution is 0.477. The first-order valence-corrected chi connectivity index (χ1v) is 11.3. The Bertz CT molecular complexity index is 1220. The van der Waals surface area contributed by atoms with Crippen molar-refractivity contribution < 1.29 is 26.1 Å². The number of ether oxygens (including phenoxy) is 1. The third-order valence-corrected chi connectivity index (χ3v) is 7.03. The quantitative estimate of drug-likeness (QED) is 0.547. The molecule has 146 valence electrons. The SMILES string of the molecule is O=S(=O)(O)c1ccc(Oc2ccc(S(=O)(=O)c3cc(Cl)ccc3Cl)cc2)cc1. The molecule has 6 nitrogen and oxygen atoms in total. The van der Waals surface area contributed by atoms with Crippen LogP contribution in [0.5, 0.6) is 11.5 Å². The van der Waals surface area contributed by atoms with Crippen LogP contribution < -0.4 is 4.74 Å². The van der Waals surface area contributed by atoms with Gasteiger partial charge in [-0.1, -0.05) is 23.2 Å². The van der Waals surface area contributed by atoms with Crippen LogP contribution in [-0.2, 0) is 20.0 Å². The van der Waals surface area contributed by atoms with Crippen LogP contribution >= 0.6 is 23.2 Å². The molecule has 0 atom stereocenters. The number of benzene rings is 3. The van der Waals surface area contributed by atoms with Gasteiger partial charge in [-0.15, -0.1) is 0 Å². The number of sulfone groups is 1. The van der Waals surface area contributed by atoms with E-state index >= 15 is 0 Å². The molecule has 3 rings (SSSR count). The van der Waals surface area contributed by atoms with Gasteiger partial charge in [0.2, 0.25) is 9.84 Å². The molecule has 3 aromatic carbocycles. The van der Waals surface area contributed by atoms with Gasteiger partial charge in [0.25, 0.3) is 10.1 Å². The highest BCUT2D eigenvalue weighted by Gasteiger charge is 2.21. The van der Waals surface area contributed by atoms with E-state index in [0.29, 0.717) is 11.5 Å². The van der Waals surface area contributed by atoms with Gasteiger partial charge in [0, 0.05) is 5.02 Å². The van der Waals surface area contributed by atoms with Crippen LogP contribution in [0.3, 0.4) is 0 Å². The van der Waals surface area contributed by atoms with Gasteiger partial charge >= 0.3 is 0 Å². The normalized spacial score (nSPS) is 12.0. The highest BCUT2D eigenvalue weighted by Crippen LogP contribution is 2.31. The minimum absolute atomic E-state index is 0.00531. The predicted octanol–water partition coefficient (Wildman–Crippen LogP) is 4.87.